The maximum Gasteiger partial charge on any atom is 0.446 e. The molecule has 0 spiro atoms. The van der Waals surface area contributed by atoms with Gasteiger partial charge < -0.3 is 4.90 Å². The van der Waals surface area contributed by atoms with Gasteiger partial charge in [0.15, 0.2) is 0 Å². The third kappa shape index (κ3) is 4.61. The van der Waals surface area contributed by atoms with Crippen molar-refractivity contribution in [3.8, 4) is 0 Å². The van der Waals surface area contributed by atoms with Crippen molar-refractivity contribution >= 4 is 58.8 Å². The number of amides is 3. The number of carbonyl (C=O) groups is 2. The third-order valence-corrected chi connectivity index (χ3v) is 5.51. The van der Waals surface area contributed by atoms with E-state index in [0.29, 0.717) is 10.2 Å². The summed E-state index contributed by atoms with van der Waals surface area (Å²) in [5.74, 6) is -0.472. The highest BCUT2D eigenvalue weighted by atomic mass is 79.9. The van der Waals surface area contributed by atoms with E-state index in [1.165, 1.54) is 29.2 Å². The number of anilines is 1. The molecule has 2 aromatic rings. The number of alkyl halides is 3. The molecular formula is C18H14BBrF3N3O2S. The zero-order chi connectivity index (χ0) is 21.6. The average Bonchev–Trinajstić information content (AvgIpc) is 2.74. The molecule has 1 saturated heterocycles. The van der Waals surface area contributed by atoms with Gasteiger partial charge in [-0.15, -0.1) is 0 Å². The predicted molar refractivity (Wildman–Crippen MR) is 108 cm³/mol. The van der Waals surface area contributed by atoms with E-state index in [0.717, 1.165) is 4.90 Å². The highest BCUT2D eigenvalue weighted by molar-refractivity contribution is 9.10. The van der Waals surface area contributed by atoms with Crippen LogP contribution in [0.4, 0.5) is 23.7 Å². The zero-order valence-corrected chi connectivity index (χ0v) is 17.7. The molecule has 1 aliphatic rings. The van der Waals surface area contributed by atoms with Crippen LogP contribution in [0.1, 0.15) is 19.4 Å². The molecule has 0 N–H and O–H groups in total. The maximum absolute atomic E-state index is 13.0. The van der Waals surface area contributed by atoms with Crippen LogP contribution in [0.3, 0.4) is 0 Å². The van der Waals surface area contributed by atoms with E-state index in [2.05, 4.69) is 20.9 Å². The van der Waals surface area contributed by atoms with Gasteiger partial charge >= 0.3 is 11.5 Å². The number of hydrogen-bond acceptors (Lipinski definition) is 4. The van der Waals surface area contributed by atoms with Crippen LogP contribution in [0.15, 0.2) is 45.9 Å². The number of carbonyl (C=O) groups excluding carboxylic acids is 2. The van der Waals surface area contributed by atoms with Crippen molar-refractivity contribution in [2.75, 3.05) is 4.90 Å². The SMILES string of the molecule is [B]c1cc(CN2C(=O)N(c3ccc(SC(F)(F)F)cc3)C(=O)C2(C)C)cc(Br)n1. The molecule has 1 aliphatic heterocycles. The molecule has 0 aliphatic carbocycles. The fourth-order valence-electron chi connectivity index (χ4n) is 2.97. The number of urea groups is 1. The summed E-state index contributed by atoms with van der Waals surface area (Å²) in [7, 11) is 5.74. The molecule has 29 heavy (non-hydrogen) atoms. The Morgan fingerprint density at radius 2 is 1.79 bits per heavy atom. The molecule has 2 radical (unpaired) electrons. The molecule has 1 aromatic carbocycles. The van der Waals surface area contributed by atoms with E-state index >= 15 is 0 Å². The second kappa shape index (κ2) is 7.68. The quantitative estimate of drug-likeness (QED) is 0.285. The molecular weight excluding hydrogens is 470 g/mol. The van der Waals surface area contributed by atoms with Gasteiger partial charge in [0.1, 0.15) is 18.0 Å². The molecule has 0 bridgehead atoms. The first-order valence-corrected chi connectivity index (χ1v) is 9.93. The van der Waals surface area contributed by atoms with Crippen molar-refractivity contribution in [3.63, 3.8) is 0 Å². The predicted octanol–water partition coefficient (Wildman–Crippen LogP) is 4.00. The minimum absolute atomic E-state index is 0.0337. The van der Waals surface area contributed by atoms with E-state index in [9.17, 15) is 22.8 Å². The Morgan fingerprint density at radius 3 is 2.34 bits per heavy atom. The standard InChI is InChI=1S/C18H14BBrF3N3O2S/c1-17(2)15(27)26(11-3-5-12(6-4-11)29-18(21,22)23)16(28)25(17)9-10-7-13(19)24-14(20)8-10/h3-8H,9H2,1-2H3. The lowest BCUT2D eigenvalue weighted by Crippen LogP contribution is -2.43. The first kappa shape index (κ1) is 21.7. The Morgan fingerprint density at radius 1 is 1.17 bits per heavy atom. The van der Waals surface area contributed by atoms with E-state index < -0.39 is 23.0 Å². The molecule has 150 valence electrons. The summed E-state index contributed by atoms with van der Waals surface area (Å²) in [4.78, 5) is 32.3. The highest BCUT2D eigenvalue weighted by Gasteiger charge is 2.51. The van der Waals surface area contributed by atoms with Crippen LogP contribution < -0.4 is 10.5 Å². The summed E-state index contributed by atoms with van der Waals surface area (Å²) < 4.78 is 38.0. The maximum atomic E-state index is 13.0. The number of hydrogen-bond donors (Lipinski definition) is 0. The number of halogens is 4. The Balaban J connectivity index is 1.88. The second-order valence-electron chi connectivity index (χ2n) is 6.83. The van der Waals surface area contributed by atoms with Crippen molar-refractivity contribution in [3.05, 3.63) is 46.6 Å². The van der Waals surface area contributed by atoms with Crippen LogP contribution in [0.5, 0.6) is 0 Å². The van der Waals surface area contributed by atoms with Crippen LogP contribution in [0, 0.1) is 0 Å². The number of benzene rings is 1. The molecule has 2 heterocycles. The van der Waals surface area contributed by atoms with Crippen LogP contribution in [0.2, 0.25) is 0 Å². The lowest BCUT2D eigenvalue weighted by atomic mass is 10.00. The largest absolute Gasteiger partial charge is 0.446 e. The Kier molecular flexibility index (Phi) is 5.74. The Bertz CT molecular complexity index is 950. The van der Waals surface area contributed by atoms with Gasteiger partial charge in [-0.25, -0.2) is 9.69 Å². The van der Waals surface area contributed by atoms with E-state index in [-0.39, 0.29) is 34.5 Å². The van der Waals surface area contributed by atoms with Crippen LogP contribution >= 0.6 is 27.7 Å². The normalized spacial score (nSPS) is 16.6. The topological polar surface area (TPSA) is 53.5 Å². The van der Waals surface area contributed by atoms with E-state index in [1.807, 2.05) is 0 Å². The smallest absolute Gasteiger partial charge is 0.305 e. The first-order chi connectivity index (χ1) is 13.4. The lowest BCUT2D eigenvalue weighted by Gasteiger charge is -2.27. The molecule has 1 aromatic heterocycles. The molecule has 3 rings (SSSR count). The zero-order valence-electron chi connectivity index (χ0n) is 15.3. The Labute approximate surface area is 179 Å². The first-order valence-electron chi connectivity index (χ1n) is 8.32. The fraction of sp³-hybridized carbons (Fsp3) is 0.278. The van der Waals surface area contributed by atoms with Gasteiger partial charge in [0.25, 0.3) is 5.91 Å². The lowest BCUT2D eigenvalue weighted by molar-refractivity contribution is -0.123. The number of nitrogens with zero attached hydrogens (tertiary/aromatic N) is 3. The summed E-state index contributed by atoms with van der Waals surface area (Å²) in [6, 6.07) is 7.83. The van der Waals surface area contributed by atoms with Crippen molar-refractivity contribution in [1.82, 2.24) is 9.88 Å². The van der Waals surface area contributed by atoms with Gasteiger partial charge in [-0.2, -0.15) is 13.2 Å². The molecule has 3 amide bonds. The summed E-state index contributed by atoms with van der Waals surface area (Å²) in [6.07, 6.45) is 0. The van der Waals surface area contributed by atoms with Crippen LogP contribution in [0.25, 0.3) is 0 Å². The van der Waals surface area contributed by atoms with Gasteiger partial charge in [-0.3, -0.25) is 9.78 Å². The molecule has 1 fully saturated rings. The van der Waals surface area contributed by atoms with E-state index in [1.54, 1.807) is 26.0 Å². The van der Waals surface area contributed by atoms with Gasteiger partial charge in [0.05, 0.1) is 5.69 Å². The number of rotatable bonds is 4. The third-order valence-electron chi connectivity index (χ3n) is 4.37. The summed E-state index contributed by atoms with van der Waals surface area (Å²) >= 11 is 2.98. The van der Waals surface area contributed by atoms with Crippen LogP contribution in [-0.4, -0.2) is 40.7 Å². The summed E-state index contributed by atoms with van der Waals surface area (Å²) in [5, 5.41) is 0. The average molecular weight is 484 g/mol. The van der Waals surface area contributed by atoms with Crippen molar-refractivity contribution in [2.45, 2.75) is 36.3 Å². The minimum atomic E-state index is -4.42. The number of pyridine rings is 1. The van der Waals surface area contributed by atoms with Crippen LogP contribution in [-0.2, 0) is 11.3 Å². The molecule has 0 saturated carbocycles. The van der Waals surface area contributed by atoms with Gasteiger partial charge in [0, 0.05) is 11.4 Å². The van der Waals surface area contributed by atoms with Gasteiger partial charge in [-0.05, 0) is 89.1 Å². The van der Waals surface area contributed by atoms with Crippen molar-refractivity contribution in [1.29, 1.82) is 0 Å². The second-order valence-corrected chi connectivity index (χ2v) is 8.78. The molecule has 5 nitrogen and oxygen atoms in total. The number of aromatic nitrogens is 1. The monoisotopic (exact) mass is 483 g/mol. The summed E-state index contributed by atoms with van der Waals surface area (Å²) in [6.45, 7) is 3.34. The summed E-state index contributed by atoms with van der Waals surface area (Å²) in [5.41, 5.74) is -4.42. The van der Waals surface area contributed by atoms with Crippen molar-refractivity contribution in [2.24, 2.45) is 0 Å². The van der Waals surface area contributed by atoms with E-state index in [4.69, 9.17) is 7.85 Å². The van der Waals surface area contributed by atoms with Gasteiger partial charge in [-0.1, -0.05) is 0 Å². The fourth-order valence-corrected chi connectivity index (χ4v) is 4.01. The minimum Gasteiger partial charge on any atom is -0.305 e. The van der Waals surface area contributed by atoms with Crippen molar-refractivity contribution < 1.29 is 22.8 Å². The van der Waals surface area contributed by atoms with Gasteiger partial charge in [0.2, 0.25) is 0 Å². The molecule has 11 heteroatoms. The highest BCUT2D eigenvalue weighted by Crippen LogP contribution is 2.38. The molecule has 0 unspecified atom stereocenters. The molecule has 0 atom stereocenters. The Hall–Kier alpha value is -2.01. The number of imide groups is 1. The number of thioether (sulfide) groups is 1.